The van der Waals surface area contributed by atoms with Crippen molar-refractivity contribution < 1.29 is 26.3 Å². The summed E-state index contributed by atoms with van der Waals surface area (Å²) in [4.78, 5) is 11.2. The second kappa shape index (κ2) is 8.05. The normalized spacial score (nSPS) is 22.1. The molecular weight excluding hydrogens is 485 g/mol. The van der Waals surface area contributed by atoms with Crippen LogP contribution in [0.1, 0.15) is 25.3 Å². The minimum Gasteiger partial charge on any atom is -0.375 e. The van der Waals surface area contributed by atoms with Gasteiger partial charge in [-0.3, -0.25) is 0 Å². The first-order chi connectivity index (χ1) is 16.4. The minimum absolute atomic E-state index is 0.120. The maximum Gasteiger partial charge on any atom is 0.416 e. The van der Waals surface area contributed by atoms with Crippen molar-refractivity contribution in [3.05, 3.63) is 36.0 Å². The van der Waals surface area contributed by atoms with Gasteiger partial charge in [0.15, 0.2) is 5.65 Å². The number of hydrogen-bond acceptors (Lipinski definition) is 8. The van der Waals surface area contributed by atoms with Crippen molar-refractivity contribution in [1.29, 1.82) is 0 Å². The SMILES string of the molecule is COC1(C)CN(c2nc(N[C@H]3C[C@H](S(C)(=O)=O)C3)nc3c2cnn3-c2cccc(C(F)(F)F)c2)C1. The molecule has 1 aliphatic heterocycles. The maximum absolute atomic E-state index is 13.3. The first kappa shape index (κ1) is 23.8. The van der Waals surface area contributed by atoms with Gasteiger partial charge in [0.05, 0.1) is 33.7 Å². The molecule has 1 saturated carbocycles. The molecule has 9 nitrogen and oxygen atoms in total. The first-order valence-electron chi connectivity index (χ1n) is 11.1. The lowest BCUT2D eigenvalue weighted by atomic mass is 9.92. The van der Waals surface area contributed by atoms with Gasteiger partial charge in [0.25, 0.3) is 0 Å². The number of anilines is 2. The van der Waals surface area contributed by atoms with Gasteiger partial charge in [0, 0.05) is 32.5 Å². The molecule has 0 unspecified atom stereocenters. The van der Waals surface area contributed by atoms with Crippen LogP contribution in [0.15, 0.2) is 30.5 Å². The number of fused-ring (bicyclic) bond motifs is 1. The molecule has 5 rings (SSSR count). The summed E-state index contributed by atoms with van der Waals surface area (Å²) in [6.07, 6.45) is -0.852. The number of halogens is 3. The van der Waals surface area contributed by atoms with Gasteiger partial charge in [0.2, 0.25) is 5.95 Å². The fourth-order valence-electron chi connectivity index (χ4n) is 4.46. The molecule has 0 amide bonds. The molecule has 3 aromatic rings. The van der Waals surface area contributed by atoms with Crippen molar-refractivity contribution in [2.24, 2.45) is 0 Å². The number of nitrogens with one attached hydrogen (secondary N) is 1. The average Bonchev–Trinajstić information content (AvgIpc) is 3.16. The third kappa shape index (κ3) is 4.42. The monoisotopic (exact) mass is 510 g/mol. The molecule has 188 valence electrons. The number of alkyl halides is 3. The van der Waals surface area contributed by atoms with E-state index in [-0.39, 0.29) is 23.3 Å². The van der Waals surface area contributed by atoms with Crippen molar-refractivity contribution in [1.82, 2.24) is 19.7 Å². The fraction of sp³-hybridized carbons (Fsp3) is 0.500. The standard InChI is InChI=1S/C22H25F3N6O3S/c1-21(34-2)11-30(12-21)18-17-10-26-31(15-6-4-5-13(7-15)22(23,24)25)19(17)29-20(28-18)27-14-8-16(9-14)35(3,32)33/h4-7,10,14,16H,8-9,11-12H2,1-3H3,(H,27,28,29)/t14-,16-. The minimum atomic E-state index is -4.49. The quantitative estimate of drug-likeness (QED) is 0.540. The van der Waals surface area contributed by atoms with Crippen molar-refractivity contribution in [2.45, 2.75) is 42.8 Å². The Morgan fingerprint density at radius 3 is 2.54 bits per heavy atom. The number of sulfone groups is 1. The molecule has 0 spiro atoms. The molecular formula is C22H25F3N6O3S. The van der Waals surface area contributed by atoms with Gasteiger partial charge >= 0.3 is 6.18 Å². The predicted molar refractivity (Wildman–Crippen MR) is 125 cm³/mol. The molecule has 1 saturated heterocycles. The Balaban J connectivity index is 1.53. The van der Waals surface area contributed by atoms with Crippen molar-refractivity contribution >= 4 is 32.6 Å². The van der Waals surface area contributed by atoms with Gasteiger partial charge in [0.1, 0.15) is 15.7 Å². The van der Waals surface area contributed by atoms with Gasteiger partial charge in [-0.05, 0) is 38.0 Å². The summed E-state index contributed by atoms with van der Waals surface area (Å²) in [5.41, 5.74) is -0.553. The third-order valence-electron chi connectivity index (χ3n) is 6.70. The molecule has 1 N–H and O–H groups in total. The molecule has 2 aliphatic rings. The number of hydrogen-bond donors (Lipinski definition) is 1. The highest BCUT2D eigenvalue weighted by molar-refractivity contribution is 7.91. The van der Waals surface area contributed by atoms with Gasteiger partial charge in [-0.2, -0.15) is 28.2 Å². The summed E-state index contributed by atoms with van der Waals surface area (Å²) in [7, 11) is -1.48. The largest absolute Gasteiger partial charge is 0.416 e. The summed E-state index contributed by atoms with van der Waals surface area (Å²) in [5.74, 6) is 0.855. The van der Waals surface area contributed by atoms with Gasteiger partial charge in [-0.25, -0.2) is 13.1 Å². The van der Waals surface area contributed by atoms with E-state index in [1.54, 1.807) is 13.3 Å². The van der Waals surface area contributed by atoms with E-state index < -0.39 is 26.8 Å². The Labute approximate surface area is 200 Å². The summed E-state index contributed by atoms with van der Waals surface area (Å²) in [6.45, 7) is 3.12. The second-order valence-corrected chi connectivity index (χ2v) is 11.8. The lowest BCUT2D eigenvalue weighted by Crippen LogP contribution is -2.61. The summed E-state index contributed by atoms with van der Waals surface area (Å²) >= 11 is 0. The first-order valence-corrected chi connectivity index (χ1v) is 13.0. The number of ether oxygens (including phenoxy) is 1. The molecule has 2 aromatic heterocycles. The Bertz CT molecular complexity index is 1380. The maximum atomic E-state index is 13.3. The summed E-state index contributed by atoms with van der Waals surface area (Å²) in [5, 5.41) is 7.70. The Kier molecular flexibility index (Phi) is 5.47. The summed E-state index contributed by atoms with van der Waals surface area (Å²) < 4.78 is 70.3. The molecule has 0 radical (unpaired) electrons. The van der Waals surface area contributed by atoms with Crippen LogP contribution in [0.3, 0.4) is 0 Å². The zero-order valence-corrected chi connectivity index (χ0v) is 20.2. The number of nitrogens with zero attached hydrogens (tertiary/aromatic N) is 5. The number of benzene rings is 1. The lowest BCUT2D eigenvalue weighted by molar-refractivity contribution is -0.137. The van der Waals surface area contributed by atoms with Crippen LogP contribution >= 0.6 is 0 Å². The highest BCUT2D eigenvalue weighted by Gasteiger charge is 2.41. The molecule has 1 aromatic carbocycles. The van der Waals surface area contributed by atoms with Gasteiger partial charge in [-0.1, -0.05) is 6.07 Å². The fourth-order valence-corrected chi connectivity index (χ4v) is 5.62. The van der Waals surface area contributed by atoms with E-state index in [9.17, 15) is 21.6 Å². The van der Waals surface area contributed by atoms with Crippen LogP contribution in [0.25, 0.3) is 16.7 Å². The molecule has 13 heteroatoms. The highest BCUT2D eigenvalue weighted by atomic mass is 32.2. The molecule has 35 heavy (non-hydrogen) atoms. The van der Waals surface area contributed by atoms with Crippen LogP contribution in [-0.2, 0) is 20.8 Å². The predicted octanol–water partition coefficient (Wildman–Crippen LogP) is 3.05. The zero-order valence-electron chi connectivity index (χ0n) is 19.4. The zero-order chi connectivity index (χ0) is 25.2. The van der Waals surface area contributed by atoms with Crippen molar-refractivity contribution in [3.8, 4) is 5.69 Å². The number of methoxy groups -OCH3 is 1. The van der Waals surface area contributed by atoms with E-state index in [1.165, 1.54) is 23.1 Å². The third-order valence-corrected chi connectivity index (χ3v) is 8.30. The van der Waals surface area contributed by atoms with E-state index in [0.717, 1.165) is 12.1 Å². The number of aromatic nitrogens is 4. The van der Waals surface area contributed by atoms with E-state index in [2.05, 4.69) is 20.4 Å². The van der Waals surface area contributed by atoms with Crippen LogP contribution in [-0.4, -0.2) is 71.5 Å². The lowest BCUT2D eigenvalue weighted by Gasteiger charge is -2.47. The molecule has 1 aliphatic carbocycles. The van der Waals surface area contributed by atoms with Crippen LogP contribution in [0, 0.1) is 0 Å². The van der Waals surface area contributed by atoms with Crippen LogP contribution < -0.4 is 10.2 Å². The van der Waals surface area contributed by atoms with E-state index in [1.807, 2.05) is 11.8 Å². The van der Waals surface area contributed by atoms with Gasteiger partial charge < -0.3 is 15.0 Å². The molecule has 3 heterocycles. The smallest absolute Gasteiger partial charge is 0.375 e. The van der Waals surface area contributed by atoms with E-state index in [4.69, 9.17) is 4.74 Å². The average molecular weight is 511 g/mol. The van der Waals surface area contributed by atoms with Crippen LogP contribution in [0.4, 0.5) is 24.9 Å². The van der Waals surface area contributed by atoms with Crippen LogP contribution in [0.2, 0.25) is 0 Å². The van der Waals surface area contributed by atoms with Gasteiger partial charge in [-0.15, -0.1) is 0 Å². The summed E-state index contributed by atoms with van der Waals surface area (Å²) in [6, 6.07) is 4.76. The Morgan fingerprint density at radius 1 is 1.20 bits per heavy atom. The van der Waals surface area contributed by atoms with Crippen LogP contribution in [0.5, 0.6) is 0 Å². The second-order valence-electron chi connectivity index (χ2n) is 9.49. The Hall–Kier alpha value is -2.93. The Morgan fingerprint density at radius 2 is 1.91 bits per heavy atom. The molecule has 2 fully saturated rings. The van der Waals surface area contributed by atoms with E-state index >= 15 is 0 Å². The molecule has 0 atom stereocenters. The highest BCUT2D eigenvalue weighted by Crippen LogP contribution is 2.36. The van der Waals surface area contributed by atoms with E-state index in [0.29, 0.717) is 42.8 Å². The number of rotatable bonds is 6. The van der Waals surface area contributed by atoms with Crippen molar-refractivity contribution in [3.63, 3.8) is 0 Å². The topological polar surface area (TPSA) is 102 Å². The van der Waals surface area contributed by atoms with Crippen molar-refractivity contribution in [2.75, 3.05) is 36.7 Å². The molecule has 0 bridgehead atoms.